The van der Waals surface area contributed by atoms with Crippen molar-refractivity contribution in [3.63, 3.8) is 0 Å². The second-order valence-electron chi connectivity index (χ2n) is 5.55. The minimum atomic E-state index is 0.280. The van der Waals surface area contributed by atoms with Crippen LogP contribution in [0.4, 0.5) is 5.82 Å². The van der Waals surface area contributed by atoms with Crippen molar-refractivity contribution in [2.45, 2.75) is 40.5 Å². The average Bonchev–Trinajstić information content (AvgIpc) is 2.44. The molecule has 1 N–H and O–H groups in total. The van der Waals surface area contributed by atoms with Gasteiger partial charge in [0.2, 0.25) is 0 Å². The van der Waals surface area contributed by atoms with Crippen LogP contribution in [0.15, 0.2) is 18.2 Å². The van der Waals surface area contributed by atoms with E-state index in [4.69, 9.17) is 16.6 Å². The number of hydrogen-bond acceptors (Lipinski definition) is 3. The third kappa shape index (κ3) is 3.35. The molecule has 0 amide bonds. The number of benzene rings is 1. The second-order valence-corrected chi connectivity index (χ2v) is 5.96. The van der Waals surface area contributed by atoms with Gasteiger partial charge in [0.05, 0.1) is 5.69 Å². The molecule has 2 aromatic rings. The lowest BCUT2D eigenvalue weighted by atomic mass is 10.0. The van der Waals surface area contributed by atoms with Crippen LogP contribution in [-0.2, 0) is 0 Å². The Labute approximate surface area is 131 Å². The van der Waals surface area contributed by atoms with E-state index in [1.807, 2.05) is 26.0 Å². The number of rotatable bonds is 4. The molecule has 21 heavy (non-hydrogen) atoms. The van der Waals surface area contributed by atoms with Gasteiger partial charge in [0.15, 0.2) is 0 Å². The summed E-state index contributed by atoms with van der Waals surface area (Å²) in [6, 6.07) is 6.07. The van der Waals surface area contributed by atoms with E-state index in [1.165, 1.54) is 0 Å². The summed E-state index contributed by atoms with van der Waals surface area (Å²) in [5.41, 5.74) is 4.11. The molecule has 4 heteroatoms. The van der Waals surface area contributed by atoms with Crippen molar-refractivity contribution in [2.75, 3.05) is 11.9 Å². The van der Waals surface area contributed by atoms with Crippen LogP contribution in [-0.4, -0.2) is 16.5 Å². The number of nitrogens with zero attached hydrogens (tertiary/aromatic N) is 2. The molecule has 112 valence electrons. The number of anilines is 1. The van der Waals surface area contributed by atoms with Crippen LogP contribution in [0.5, 0.6) is 0 Å². The van der Waals surface area contributed by atoms with Gasteiger partial charge in [-0.15, -0.1) is 0 Å². The first-order valence-corrected chi connectivity index (χ1v) is 7.70. The van der Waals surface area contributed by atoms with E-state index in [9.17, 15) is 0 Å². The van der Waals surface area contributed by atoms with Gasteiger partial charge in [-0.2, -0.15) is 0 Å². The first kappa shape index (κ1) is 15.8. The van der Waals surface area contributed by atoms with Gasteiger partial charge in [-0.3, -0.25) is 0 Å². The average molecular weight is 304 g/mol. The fourth-order valence-electron chi connectivity index (χ4n) is 2.15. The predicted octanol–water partition coefficient (Wildman–Crippen LogP) is 4.97. The largest absolute Gasteiger partial charge is 0.370 e. The molecule has 1 heterocycles. The highest BCUT2D eigenvalue weighted by atomic mass is 35.5. The molecule has 1 aromatic heterocycles. The maximum absolute atomic E-state index is 6.26. The van der Waals surface area contributed by atoms with Crippen molar-refractivity contribution in [2.24, 2.45) is 0 Å². The van der Waals surface area contributed by atoms with Crippen LogP contribution < -0.4 is 5.32 Å². The second kappa shape index (κ2) is 6.44. The lowest BCUT2D eigenvalue weighted by molar-refractivity contribution is 0.774. The Balaban J connectivity index is 2.62. The number of aromatic nitrogens is 2. The van der Waals surface area contributed by atoms with Crippen LogP contribution in [0.25, 0.3) is 11.3 Å². The molecule has 2 rings (SSSR count). The molecule has 0 aliphatic rings. The number of aryl methyl sites for hydroxylation is 1. The van der Waals surface area contributed by atoms with Crippen LogP contribution in [0.1, 0.15) is 43.6 Å². The molecule has 0 unspecified atom stereocenters. The SMILES string of the molecule is CCNc1nc(C(C)C)nc(-c2ccc(C)c(Cl)c2)c1C. The highest BCUT2D eigenvalue weighted by Crippen LogP contribution is 2.30. The topological polar surface area (TPSA) is 37.8 Å². The summed E-state index contributed by atoms with van der Waals surface area (Å²) < 4.78 is 0. The smallest absolute Gasteiger partial charge is 0.133 e. The highest BCUT2D eigenvalue weighted by molar-refractivity contribution is 6.31. The van der Waals surface area contributed by atoms with E-state index in [0.29, 0.717) is 0 Å². The lowest BCUT2D eigenvalue weighted by Gasteiger charge is -2.15. The Morgan fingerprint density at radius 1 is 1.19 bits per heavy atom. The zero-order valence-electron chi connectivity index (χ0n) is 13.3. The summed E-state index contributed by atoms with van der Waals surface area (Å²) in [5.74, 6) is 2.04. The minimum absolute atomic E-state index is 0.280. The minimum Gasteiger partial charge on any atom is -0.370 e. The first-order chi connectivity index (χ1) is 9.93. The Bertz CT molecular complexity index is 651. The lowest BCUT2D eigenvalue weighted by Crippen LogP contribution is -2.09. The molecule has 0 saturated carbocycles. The fraction of sp³-hybridized carbons (Fsp3) is 0.412. The van der Waals surface area contributed by atoms with Gasteiger partial charge >= 0.3 is 0 Å². The summed E-state index contributed by atoms with van der Waals surface area (Å²) in [5, 5.41) is 4.09. The molecule has 0 aliphatic heterocycles. The molecule has 0 saturated heterocycles. The zero-order valence-corrected chi connectivity index (χ0v) is 14.0. The van der Waals surface area contributed by atoms with Crippen LogP contribution in [0.2, 0.25) is 5.02 Å². The van der Waals surface area contributed by atoms with Crippen molar-refractivity contribution >= 4 is 17.4 Å². The molecule has 1 aromatic carbocycles. The van der Waals surface area contributed by atoms with Crippen molar-refractivity contribution in [3.8, 4) is 11.3 Å². The summed E-state index contributed by atoms with van der Waals surface area (Å²) in [6.45, 7) is 11.2. The van der Waals surface area contributed by atoms with Crippen LogP contribution >= 0.6 is 11.6 Å². The number of hydrogen-bond donors (Lipinski definition) is 1. The molecule has 0 aliphatic carbocycles. The predicted molar refractivity (Wildman–Crippen MR) is 90.2 cm³/mol. The summed E-state index contributed by atoms with van der Waals surface area (Å²) >= 11 is 6.26. The molecular weight excluding hydrogens is 282 g/mol. The standard InChI is InChI=1S/C17H22ClN3/c1-6-19-17-12(5)15(20-16(21-17)10(2)3)13-8-7-11(4)14(18)9-13/h7-10H,6H2,1-5H3,(H,19,20,21). The number of nitrogens with one attached hydrogen (secondary N) is 1. The highest BCUT2D eigenvalue weighted by Gasteiger charge is 2.14. The summed E-state index contributed by atoms with van der Waals surface area (Å²) in [6.07, 6.45) is 0. The summed E-state index contributed by atoms with van der Waals surface area (Å²) in [4.78, 5) is 9.38. The van der Waals surface area contributed by atoms with Gasteiger partial charge in [0, 0.05) is 28.6 Å². The first-order valence-electron chi connectivity index (χ1n) is 7.33. The quantitative estimate of drug-likeness (QED) is 0.866. The Morgan fingerprint density at radius 3 is 2.48 bits per heavy atom. The molecule has 0 fully saturated rings. The normalized spacial score (nSPS) is 11.0. The molecular formula is C17H22ClN3. The maximum Gasteiger partial charge on any atom is 0.133 e. The zero-order chi connectivity index (χ0) is 15.6. The van der Waals surface area contributed by atoms with Gasteiger partial charge in [-0.05, 0) is 32.4 Å². The van der Waals surface area contributed by atoms with Crippen molar-refractivity contribution in [1.29, 1.82) is 0 Å². The van der Waals surface area contributed by atoms with Gasteiger partial charge in [-0.1, -0.05) is 37.6 Å². The molecule has 0 atom stereocenters. The Hall–Kier alpha value is -1.61. The number of halogens is 1. The molecule has 0 spiro atoms. The molecule has 3 nitrogen and oxygen atoms in total. The van der Waals surface area contributed by atoms with E-state index in [1.54, 1.807) is 0 Å². The molecule has 0 radical (unpaired) electrons. The van der Waals surface area contributed by atoms with Crippen molar-refractivity contribution in [1.82, 2.24) is 9.97 Å². The monoisotopic (exact) mass is 303 g/mol. The van der Waals surface area contributed by atoms with Crippen molar-refractivity contribution in [3.05, 3.63) is 40.2 Å². The van der Waals surface area contributed by atoms with Gasteiger partial charge in [0.1, 0.15) is 11.6 Å². The third-order valence-electron chi connectivity index (χ3n) is 3.47. The van der Waals surface area contributed by atoms with E-state index >= 15 is 0 Å². The van der Waals surface area contributed by atoms with E-state index in [2.05, 4.69) is 37.1 Å². The third-order valence-corrected chi connectivity index (χ3v) is 3.88. The van der Waals surface area contributed by atoms with Crippen molar-refractivity contribution < 1.29 is 0 Å². The van der Waals surface area contributed by atoms with Crippen LogP contribution in [0, 0.1) is 13.8 Å². The van der Waals surface area contributed by atoms with E-state index in [-0.39, 0.29) is 5.92 Å². The van der Waals surface area contributed by atoms with E-state index < -0.39 is 0 Å². The Morgan fingerprint density at radius 2 is 1.90 bits per heavy atom. The van der Waals surface area contributed by atoms with Gasteiger partial charge in [0.25, 0.3) is 0 Å². The fourth-order valence-corrected chi connectivity index (χ4v) is 2.33. The molecule has 0 bridgehead atoms. The van der Waals surface area contributed by atoms with Crippen LogP contribution in [0.3, 0.4) is 0 Å². The van der Waals surface area contributed by atoms with Gasteiger partial charge in [-0.25, -0.2) is 9.97 Å². The van der Waals surface area contributed by atoms with E-state index in [0.717, 1.165) is 45.6 Å². The summed E-state index contributed by atoms with van der Waals surface area (Å²) in [7, 11) is 0. The maximum atomic E-state index is 6.26. The van der Waals surface area contributed by atoms with Gasteiger partial charge < -0.3 is 5.32 Å². The Kier molecular flexibility index (Phi) is 4.84.